The van der Waals surface area contributed by atoms with E-state index in [-0.39, 0.29) is 5.91 Å². The molecule has 0 heterocycles. The summed E-state index contributed by atoms with van der Waals surface area (Å²) in [7, 11) is 0. The zero-order chi connectivity index (χ0) is 16.8. The van der Waals surface area contributed by atoms with Crippen LogP contribution in [0.5, 0.6) is 0 Å². The molecule has 120 valence electrons. The molecular formula is C19H22N2OS. The van der Waals surface area contributed by atoms with Crippen LogP contribution in [0.25, 0.3) is 0 Å². The van der Waals surface area contributed by atoms with Gasteiger partial charge in [-0.3, -0.25) is 10.1 Å². The average molecular weight is 326 g/mol. The Kier molecular flexibility index (Phi) is 5.88. The lowest BCUT2D eigenvalue weighted by Gasteiger charge is -2.17. The first-order chi connectivity index (χ1) is 11.0. The van der Waals surface area contributed by atoms with Crippen molar-refractivity contribution in [2.45, 2.75) is 33.1 Å². The fourth-order valence-corrected chi connectivity index (χ4v) is 2.50. The predicted molar refractivity (Wildman–Crippen MR) is 100 cm³/mol. The van der Waals surface area contributed by atoms with E-state index in [1.165, 1.54) is 5.56 Å². The van der Waals surface area contributed by atoms with Crippen LogP contribution in [0, 0.1) is 6.92 Å². The van der Waals surface area contributed by atoms with E-state index in [4.69, 9.17) is 12.2 Å². The first kappa shape index (κ1) is 17.2. The van der Waals surface area contributed by atoms with E-state index in [9.17, 15) is 4.79 Å². The summed E-state index contributed by atoms with van der Waals surface area (Å²) < 4.78 is 0. The molecule has 0 bridgehead atoms. The highest BCUT2D eigenvalue weighted by atomic mass is 32.1. The van der Waals surface area contributed by atoms with Crippen molar-refractivity contribution in [3.05, 3.63) is 65.2 Å². The highest BCUT2D eigenvalue weighted by Gasteiger charge is 2.11. The lowest BCUT2D eigenvalue weighted by molar-refractivity contribution is 0.0977. The van der Waals surface area contributed by atoms with Gasteiger partial charge in [-0.15, -0.1) is 0 Å². The quantitative estimate of drug-likeness (QED) is 0.805. The molecule has 2 aromatic carbocycles. The van der Waals surface area contributed by atoms with Gasteiger partial charge in [-0.25, -0.2) is 0 Å². The van der Waals surface area contributed by atoms with Crippen molar-refractivity contribution in [1.29, 1.82) is 0 Å². The van der Waals surface area contributed by atoms with Crippen LogP contribution in [0.1, 0.15) is 47.7 Å². The maximum absolute atomic E-state index is 12.2. The van der Waals surface area contributed by atoms with Crippen molar-refractivity contribution in [2.75, 3.05) is 5.32 Å². The molecule has 0 saturated heterocycles. The maximum Gasteiger partial charge on any atom is 0.257 e. The Morgan fingerprint density at radius 1 is 1.13 bits per heavy atom. The van der Waals surface area contributed by atoms with E-state index in [0.717, 1.165) is 17.7 Å². The number of benzene rings is 2. The molecule has 0 aliphatic heterocycles. The second kappa shape index (κ2) is 7.88. The van der Waals surface area contributed by atoms with E-state index >= 15 is 0 Å². The molecule has 1 amide bonds. The first-order valence-corrected chi connectivity index (χ1v) is 8.20. The summed E-state index contributed by atoms with van der Waals surface area (Å²) in [5, 5.41) is 6.18. The van der Waals surface area contributed by atoms with Crippen molar-refractivity contribution < 1.29 is 4.79 Å². The van der Waals surface area contributed by atoms with Gasteiger partial charge in [0.05, 0.1) is 0 Å². The fourth-order valence-electron chi connectivity index (χ4n) is 2.29. The number of amides is 1. The molecule has 2 N–H and O–H groups in total. The maximum atomic E-state index is 12.2. The van der Waals surface area contributed by atoms with E-state index in [0.29, 0.717) is 16.6 Å². The number of carbonyl (C=O) groups is 1. The number of hydrogen-bond acceptors (Lipinski definition) is 2. The van der Waals surface area contributed by atoms with E-state index in [1.807, 2.05) is 37.3 Å². The molecule has 0 fully saturated rings. The molecule has 3 nitrogen and oxygen atoms in total. The van der Waals surface area contributed by atoms with Crippen LogP contribution in [-0.2, 0) is 0 Å². The largest absolute Gasteiger partial charge is 0.332 e. The number of carbonyl (C=O) groups excluding carboxylic acids is 1. The molecule has 0 aromatic heterocycles. The molecule has 23 heavy (non-hydrogen) atoms. The van der Waals surface area contributed by atoms with Gasteiger partial charge in [0, 0.05) is 11.3 Å². The zero-order valence-corrected chi connectivity index (χ0v) is 14.5. The molecule has 2 aromatic rings. The number of thiocarbonyl (C=S) groups is 1. The van der Waals surface area contributed by atoms with Gasteiger partial charge in [0.2, 0.25) is 0 Å². The second-order valence-corrected chi connectivity index (χ2v) is 6.08. The SMILES string of the molecule is CC[C@H](C)c1ccccc1NC(=S)NC(=O)c1ccc(C)cc1. The zero-order valence-electron chi connectivity index (χ0n) is 13.7. The fraction of sp³-hybridized carbons (Fsp3) is 0.263. The third-order valence-corrected chi connectivity index (χ3v) is 4.10. The second-order valence-electron chi connectivity index (χ2n) is 5.67. The minimum atomic E-state index is -0.205. The van der Waals surface area contributed by atoms with Crippen molar-refractivity contribution in [1.82, 2.24) is 5.32 Å². The molecule has 2 rings (SSSR count). The first-order valence-electron chi connectivity index (χ1n) is 7.79. The van der Waals surface area contributed by atoms with Crippen LogP contribution in [-0.4, -0.2) is 11.0 Å². The topological polar surface area (TPSA) is 41.1 Å². The molecule has 0 spiro atoms. The highest BCUT2D eigenvalue weighted by molar-refractivity contribution is 7.80. The number of para-hydroxylation sites is 1. The lowest BCUT2D eigenvalue weighted by atomic mass is 9.97. The lowest BCUT2D eigenvalue weighted by Crippen LogP contribution is -2.34. The van der Waals surface area contributed by atoms with Gasteiger partial charge in [-0.1, -0.05) is 49.7 Å². The Balaban J connectivity index is 2.05. The average Bonchev–Trinajstić information content (AvgIpc) is 2.55. The van der Waals surface area contributed by atoms with Crippen molar-refractivity contribution in [3.8, 4) is 0 Å². The van der Waals surface area contributed by atoms with Gasteiger partial charge in [0.15, 0.2) is 5.11 Å². The van der Waals surface area contributed by atoms with Crippen molar-refractivity contribution in [3.63, 3.8) is 0 Å². The van der Waals surface area contributed by atoms with Crippen LogP contribution in [0.3, 0.4) is 0 Å². The van der Waals surface area contributed by atoms with Crippen LogP contribution < -0.4 is 10.6 Å². The van der Waals surface area contributed by atoms with Crippen LogP contribution in [0.15, 0.2) is 48.5 Å². The third kappa shape index (κ3) is 4.63. The summed E-state index contributed by atoms with van der Waals surface area (Å²) >= 11 is 5.28. The van der Waals surface area contributed by atoms with E-state index < -0.39 is 0 Å². The van der Waals surface area contributed by atoms with Gasteiger partial charge in [0.1, 0.15) is 0 Å². The Labute approximate surface area is 143 Å². The molecule has 0 radical (unpaired) electrons. The van der Waals surface area contributed by atoms with Gasteiger partial charge >= 0.3 is 0 Å². The molecule has 0 saturated carbocycles. The summed E-state index contributed by atoms with van der Waals surface area (Å²) in [6.07, 6.45) is 1.04. The number of rotatable bonds is 4. The van der Waals surface area contributed by atoms with Crippen molar-refractivity contribution >= 4 is 28.9 Å². The summed E-state index contributed by atoms with van der Waals surface area (Å²) in [6.45, 7) is 6.31. The van der Waals surface area contributed by atoms with Crippen LogP contribution >= 0.6 is 12.2 Å². The molecule has 0 aliphatic rings. The predicted octanol–water partition coefficient (Wildman–Crippen LogP) is 4.64. The smallest absolute Gasteiger partial charge is 0.257 e. The molecule has 0 unspecified atom stereocenters. The minimum absolute atomic E-state index is 0.205. The van der Waals surface area contributed by atoms with Crippen LogP contribution in [0.2, 0.25) is 0 Å². The van der Waals surface area contributed by atoms with Gasteiger partial charge in [0.25, 0.3) is 5.91 Å². The standard InChI is InChI=1S/C19H22N2OS/c1-4-14(3)16-7-5-6-8-17(16)20-19(23)21-18(22)15-11-9-13(2)10-12-15/h5-12,14H,4H2,1-3H3,(H2,20,21,22,23)/t14-/m0/s1. The molecule has 1 atom stereocenters. The Morgan fingerprint density at radius 3 is 2.43 bits per heavy atom. The molecule has 4 heteroatoms. The number of hydrogen-bond donors (Lipinski definition) is 2. The van der Waals surface area contributed by atoms with Gasteiger partial charge in [-0.05, 0) is 55.2 Å². The summed E-state index contributed by atoms with van der Waals surface area (Å²) in [6, 6.07) is 15.4. The van der Waals surface area contributed by atoms with Crippen molar-refractivity contribution in [2.24, 2.45) is 0 Å². The Hall–Kier alpha value is -2.20. The number of nitrogens with one attached hydrogen (secondary N) is 2. The van der Waals surface area contributed by atoms with Crippen LogP contribution in [0.4, 0.5) is 5.69 Å². The molecular weight excluding hydrogens is 304 g/mol. The Bertz CT molecular complexity index is 695. The van der Waals surface area contributed by atoms with E-state index in [2.05, 4.69) is 30.5 Å². The summed E-state index contributed by atoms with van der Waals surface area (Å²) in [5.74, 6) is 0.220. The normalized spacial score (nSPS) is 11.6. The minimum Gasteiger partial charge on any atom is -0.332 e. The van der Waals surface area contributed by atoms with Gasteiger partial charge in [-0.2, -0.15) is 0 Å². The number of aryl methyl sites for hydroxylation is 1. The van der Waals surface area contributed by atoms with E-state index in [1.54, 1.807) is 12.1 Å². The third-order valence-electron chi connectivity index (χ3n) is 3.89. The Morgan fingerprint density at radius 2 is 1.78 bits per heavy atom. The summed E-state index contributed by atoms with van der Waals surface area (Å²) in [4.78, 5) is 12.2. The number of anilines is 1. The highest BCUT2D eigenvalue weighted by Crippen LogP contribution is 2.26. The monoisotopic (exact) mass is 326 g/mol. The van der Waals surface area contributed by atoms with Gasteiger partial charge < -0.3 is 5.32 Å². The summed E-state index contributed by atoms with van der Waals surface area (Å²) in [5.41, 5.74) is 3.85. The molecule has 0 aliphatic carbocycles.